The van der Waals surface area contributed by atoms with Gasteiger partial charge in [-0.1, -0.05) is 30.2 Å². The van der Waals surface area contributed by atoms with Crippen molar-refractivity contribution in [1.29, 1.82) is 0 Å². The van der Waals surface area contributed by atoms with E-state index in [4.69, 9.17) is 11.6 Å². The number of hydrogen-bond acceptors (Lipinski definition) is 1. The molecule has 0 saturated heterocycles. The van der Waals surface area contributed by atoms with Crippen molar-refractivity contribution in [2.45, 2.75) is 57.6 Å². The van der Waals surface area contributed by atoms with Gasteiger partial charge in [-0.15, -0.1) is 0 Å². The molecule has 112 valence electrons. The van der Waals surface area contributed by atoms with Gasteiger partial charge in [-0.05, 0) is 69.6 Å². The van der Waals surface area contributed by atoms with E-state index < -0.39 is 10.8 Å². The molecule has 0 N–H and O–H groups in total. The summed E-state index contributed by atoms with van der Waals surface area (Å²) in [4.78, 5) is 0. The first-order chi connectivity index (χ1) is 9.29. The van der Waals surface area contributed by atoms with Gasteiger partial charge in [0.15, 0.2) is 0 Å². The molecule has 1 aliphatic carbocycles. The second-order valence-corrected chi connectivity index (χ2v) is 9.59. The lowest BCUT2D eigenvalue weighted by molar-refractivity contribution is 0.273. The van der Waals surface area contributed by atoms with Gasteiger partial charge >= 0.3 is 0 Å². The smallest absolute Gasteiger partial charge is 0.0435 e. The van der Waals surface area contributed by atoms with Crippen LogP contribution in [0.4, 0.5) is 0 Å². The summed E-state index contributed by atoms with van der Waals surface area (Å²) in [6.07, 6.45) is 3.86. The Bertz CT molecular complexity index is 500. The first-order valence-electron chi connectivity index (χ1n) is 7.43. The third-order valence-electron chi connectivity index (χ3n) is 4.34. The van der Waals surface area contributed by atoms with Crippen LogP contribution < -0.4 is 0 Å². The van der Waals surface area contributed by atoms with Crippen LogP contribution in [0, 0.1) is 12.8 Å². The van der Waals surface area contributed by atoms with Crippen LogP contribution in [0.5, 0.6) is 0 Å². The zero-order valence-corrected chi connectivity index (χ0v) is 14.5. The third-order valence-corrected chi connectivity index (χ3v) is 6.79. The number of rotatable bonds is 4. The number of aryl methyl sites for hydroxylation is 1. The topological polar surface area (TPSA) is 17.1 Å². The molecular weight excluding hydrogens is 288 g/mol. The lowest BCUT2D eigenvalue weighted by Crippen LogP contribution is -2.31. The predicted octanol–water partition coefficient (Wildman–Crippen LogP) is 5.08. The highest BCUT2D eigenvalue weighted by molar-refractivity contribution is 7.86. The summed E-state index contributed by atoms with van der Waals surface area (Å²) < 4.78 is 12.4. The normalized spacial score (nSPS) is 19.4. The summed E-state index contributed by atoms with van der Waals surface area (Å²) >= 11 is 6.13. The Labute approximate surface area is 130 Å². The van der Waals surface area contributed by atoms with Crippen molar-refractivity contribution in [1.82, 2.24) is 0 Å². The lowest BCUT2D eigenvalue weighted by atomic mass is 9.74. The molecule has 0 unspecified atom stereocenters. The maximum Gasteiger partial charge on any atom is 0.0435 e. The first kappa shape index (κ1) is 16.0. The van der Waals surface area contributed by atoms with Gasteiger partial charge in [0.05, 0.1) is 0 Å². The Morgan fingerprint density at radius 1 is 1.35 bits per heavy atom. The zero-order valence-electron chi connectivity index (χ0n) is 12.9. The van der Waals surface area contributed by atoms with Crippen LogP contribution in [0.2, 0.25) is 5.02 Å². The molecule has 0 spiro atoms. The predicted molar refractivity (Wildman–Crippen MR) is 89.0 cm³/mol. The fraction of sp³-hybridized carbons (Fsp3) is 0.647. The second kappa shape index (κ2) is 6.19. The number of hydrogen-bond donors (Lipinski definition) is 0. The third kappa shape index (κ3) is 3.65. The van der Waals surface area contributed by atoms with Crippen molar-refractivity contribution < 1.29 is 4.21 Å². The highest BCUT2D eigenvalue weighted by Gasteiger charge is 2.32. The molecule has 1 aliphatic rings. The van der Waals surface area contributed by atoms with Crippen LogP contribution in [-0.2, 0) is 10.8 Å². The maximum absolute atomic E-state index is 12.5. The van der Waals surface area contributed by atoms with Gasteiger partial charge in [0.1, 0.15) is 0 Å². The van der Waals surface area contributed by atoms with E-state index in [0.717, 1.165) is 16.3 Å². The zero-order chi connectivity index (χ0) is 14.9. The molecule has 0 heterocycles. The van der Waals surface area contributed by atoms with Crippen molar-refractivity contribution in [3.63, 3.8) is 0 Å². The van der Waals surface area contributed by atoms with E-state index in [-0.39, 0.29) is 4.75 Å². The van der Waals surface area contributed by atoms with E-state index in [2.05, 4.69) is 32.9 Å². The molecule has 2 atom stereocenters. The van der Waals surface area contributed by atoms with Crippen molar-refractivity contribution in [3.8, 4) is 0 Å². The van der Waals surface area contributed by atoms with Crippen LogP contribution >= 0.6 is 11.6 Å². The molecule has 0 bridgehead atoms. The van der Waals surface area contributed by atoms with E-state index >= 15 is 0 Å². The van der Waals surface area contributed by atoms with Crippen molar-refractivity contribution >= 4 is 22.4 Å². The van der Waals surface area contributed by atoms with Crippen LogP contribution in [0.3, 0.4) is 0 Å². The van der Waals surface area contributed by atoms with Crippen molar-refractivity contribution in [2.75, 3.05) is 5.75 Å². The summed E-state index contributed by atoms with van der Waals surface area (Å²) in [6, 6.07) is 6.29. The summed E-state index contributed by atoms with van der Waals surface area (Å²) in [7, 11) is -0.801. The molecule has 1 saturated carbocycles. The van der Waals surface area contributed by atoms with Gasteiger partial charge in [-0.2, -0.15) is 0 Å². The van der Waals surface area contributed by atoms with E-state index in [9.17, 15) is 4.21 Å². The van der Waals surface area contributed by atoms with Crippen LogP contribution in [0.1, 0.15) is 57.1 Å². The summed E-state index contributed by atoms with van der Waals surface area (Å²) in [5.74, 6) is 1.89. The number of halogens is 1. The molecule has 3 heteroatoms. The molecule has 1 aromatic rings. The summed E-state index contributed by atoms with van der Waals surface area (Å²) in [6.45, 7) is 8.24. The highest BCUT2D eigenvalue weighted by Crippen LogP contribution is 2.41. The van der Waals surface area contributed by atoms with Crippen LogP contribution in [-0.4, -0.2) is 14.7 Å². The quantitative estimate of drug-likeness (QED) is 0.757. The summed E-state index contributed by atoms with van der Waals surface area (Å²) in [5, 5.41) is 0.818. The molecule has 1 nitrogen and oxygen atoms in total. The second-order valence-electron chi connectivity index (χ2n) is 6.93. The minimum absolute atomic E-state index is 0.135. The highest BCUT2D eigenvalue weighted by atomic mass is 35.5. The van der Waals surface area contributed by atoms with Gasteiger partial charge < -0.3 is 0 Å². The fourth-order valence-electron chi connectivity index (χ4n) is 2.66. The van der Waals surface area contributed by atoms with Crippen LogP contribution in [0.25, 0.3) is 0 Å². The molecular formula is C17H25ClOS. The van der Waals surface area contributed by atoms with E-state index in [1.807, 2.05) is 13.0 Å². The van der Waals surface area contributed by atoms with E-state index in [0.29, 0.717) is 11.8 Å². The Balaban J connectivity index is 2.23. The SMILES string of the molecule is Cc1cc([C@H](C[S@@](=O)C(C)(C)C)C2CCC2)ccc1Cl. The molecule has 20 heavy (non-hydrogen) atoms. The Morgan fingerprint density at radius 2 is 2.00 bits per heavy atom. The van der Waals surface area contributed by atoms with Gasteiger partial charge in [-0.25, -0.2) is 0 Å². The van der Waals surface area contributed by atoms with Crippen molar-refractivity contribution in [3.05, 3.63) is 34.3 Å². The fourth-order valence-corrected chi connectivity index (χ4v) is 4.07. The van der Waals surface area contributed by atoms with Gasteiger partial charge in [0, 0.05) is 26.3 Å². The molecule has 2 rings (SSSR count). The lowest BCUT2D eigenvalue weighted by Gasteiger charge is -2.35. The van der Waals surface area contributed by atoms with Gasteiger partial charge in [0.2, 0.25) is 0 Å². The molecule has 1 aromatic carbocycles. The molecule has 0 amide bonds. The number of benzene rings is 1. The average Bonchev–Trinajstić information content (AvgIpc) is 2.28. The Morgan fingerprint density at radius 3 is 2.45 bits per heavy atom. The first-order valence-corrected chi connectivity index (χ1v) is 9.13. The van der Waals surface area contributed by atoms with Gasteiger partial charge in [-0.3, -0.25) is 4.21 Å². The largest absolute Gasteiger partial charge is 0.259 e. The van der Waals surface area contributed by atoms with Crippen LogP contribution in [0.15, 0.2) is 18.2 Å². The van der Waals surface area contributed by atoms with Crippen molar-refractivity contribution in [2.24, 2.45) is 5.92 Å². The minimum Gasteiger partial charge on any atom is -0.259 e. The van der Waals surface area contributed by atoms with E-state index in [1.165, 1.54) is 24.8 Å². The Hall–Kier alpha value is -0.340. The maximum atomic E-state index is 12.5. The molecule has 0 aliphatic heterocycles. The Kier molecular flexibility index (Phi) is 4.96. The molecule has 0 radical (unpaired) electrons. The monoisotopic (exact) mass is 312 g/mol. The standard InChI is InChI=1S/C17H25ClOS/c1-12-10-14(8-9-16(12)18)15(13-6-5-7-13)11-20(19)17(2,3)4/h8-10,13,15H,5-7,11H2,1-4H3/t15-,20-/m1/s1. The molecule has 1 fully saturated rings. The molecule has 0 aromatic heterocycles. The summed E-state index contributed by atoms with van der Waals surface area (Å²) in [5.41, 5.74) is 2.43. The van der Waals surface area contributed by atoms with E-state index in [1.54, 1.807) is 0 Å². The average molecular weight is 313 g/mol. The minimum atomic E-state index is -0.801. The van der Waals surface area contributed by atoms with Gasteiger partial charge in [0.25, 0.3) is 0 Å².